The number of hydrogen-bond acceptors (Lipinski definition) is 5. The first-order chi connectivity index (χ1) is 11.8. The maximum atomic E-state index is 9.48. The average molecular weight is 334 g/mol. The summed E-state index contributed by atoms with van der Waals surface area (Å²) in [5, 5.41) is 14.0. The second kappa shape index (κ2) is 7.52. The molecule has 3 saturated heterocycles. The second-order valence-electron chi connectivity index (χ2n) is 7.47. The molecular weight excluding hydrogens is 304 g/mol. The van der Waals surface area contributed by atoms with Gasteiger partial charge in [0.1, 0.15) is 0 Å². The normalized spacial score (nSPS) is 32.1. The molecule has 24 heavy (non-hydrogen) atoms. The van der Waals surface area contributed by atoms with E-state index >= 15 is 0 Å². The lowest BCUT2D eigenvalue weighted by molar-refractivity contribution is -0.0437. The van der Waals surface area contributed by atoms with E-state index in [0.717, 1.165) is 45.5 Å². The van der Waals surface area contributed by atoms with Crippen LogP contribution in [0.4, 0.5) is 0 Å². The molecule has 4 rings (SSSR count). The maximum absolute atomic E-state index is 9.48. The van der Waals surface area contributed by atoms with Crippen molar-refractivity contribution >= 4 is 0 Å². The quantitative estimate of drug-likeness (QED) is 0.887. The van der Waals surface area contributed by atoms with Crippen LogP contribution in [0, 0.1) is 0 Å². The number of rotatable bonds is 5. The summed E-state index contributed by atoms with van der Waals surface area (Å²) in [4.78, 5) is 5.19. The van der Waals surface area contributed by atoms with Gasteiger partial charge in [-0.15, -0.1) is 0 Å². The molecule has 134 valence electrons. The van der Waals surface area contributed by atoms with Gasteiger partial charge in [0.15, 0.2) is 6.23 Å². The van der Waals surface area contributed by atoms with Crippen LogP contribution in [0.25, 0.3) is 0 Å². The summed E-state index contributed by atoms with van der Waals surface area (Å²) in [6, 6.07) is 3.27. The fraction of sp³-hybridized carbons (Fsp3) is 0.833. The van der Waals surface area contributed by atoms with Gasteiger partial charge in [-0.1, -0.05) is 0 Å². The minimum atomic E-state index is 0.104. The third-order valence-electron chi connectivity index (χ3n) is 5.91. The van der Waals surface area contributed by atoms with E-state index in [-0.39, 0.29) is 12.8 Å². The summed E-state index contributed by atoms with van der Waals surface area (Å²) in [6.07, 6.45) is 8.94. The van der Waals surface area contributed by atoms with Crippen LogP contribution in [-0.2, 0) is 11.3 Å². The lowest BCUT2D eigenvalue weighted by atomic mass is 10.0. The molecule has 1 aromatic heterocycles. The predicted octanol–water partition coefficient (Wildman–Crippen LogP) is 1.61. The first-order valence-electron chi connectivity index (χ1n) is 9.58. The van der Waals surface area contributed by atoms with Crippen LogP contribution in [-0.4, -0.2) is 69.6 Å². The highest BCUT2D eigenvalue weighted by Crippen LogP contribution is 2.28. The van der Waals surface area contributed by atoms with Crippen molar-refractivity contribution in [3.8, 4) is 0 Å². The van der Waals surface area contributed by atoms with E-state index in [0.29, 0.717) is 12.1 Å². The van der Waals surface area contributed by atoms with Crippen molar-refractivity contribution in [2.45, 2.75) is 63.4 Å². The Hall–Kier alpha value is -0.950. The number of fused-ring (bicyclic) bond motifs is 1. The Balaban J connectivity index is 1.47. The first kappa shape index (κ1) is 16.5. The lowest BCUT2D eigenvalue weighted by Gasteiger charge is -2.43. The molecule has 6 heteroatoms. The van der Waals surface area contributed by atoms with Crippen LogP contribution >= 0.6 is 0 Å². The Morgan fingerprint density at radius 1 is 1.21 bits per heavy atom. The molecular formula is C18H30N4O2. The molecule has 0 amide bonds. The number of aliphatic hydroxyl groups excluding tert-OH is 1. The Labute approximate surface area is 144 Å². The zero-order valence-electron chi connectivity index (χ0n) is 14.5. The standard InChI is InChI=1S/C18H30N4O2/c23-10-7-16-12-20-9-3-4-15(20)13-21(16)14-17-6-8-19-22(17)18-5-1-2-11-24-18/h6,8,15-16,18,23H,1-5,7,9-14H2/t15?,16-,18?/m0/s1. The summed E-state index contributed by atoms with van der Waals surface area (Å²) >= 11 is 0. The van der Waals surface area contributed by atoms with Crippen molar-refractivity contribution in [2.24, 2.45) is 0 Å². The number of hydrogen-bond donors (Lipinski definition) is 1. The molecule has 3 aliphatic rings. The Kier molecular flexibility index (Phi) is 5.17. The van der Waals surface area contributed by atoms with Crippen LogP contribution in [0.2, 0.25) is 0 Å². The molecule has 2 unspecified atom stereocenters. The van der Waals surface area contributed by atoms with Crippen LogP contribution in [0.1, 0.15) is 50.4 Å². The molecule has 6 nitrogen and oxygen atoms in total. The number of aliphatic hydroxyl groups is 1. The topological polar surface area (TPSA) is 53.8 Å². The highest BCUT2D eigenvalue weighted by Gasteiger charge is 2.36. The van der Waals surface area contributed by atoms with E-state index in [2.05, 4.69) is 25.6 Å². The molecule has 0 aromatic carbocycles. The van der Waals surface area contributed by atoms with Crippen molar-refractivity contribution in [3.63, 3.8) is 0 Å². The van der Waals surface area contributed by atoms with Gasteiger partial charge in [-0.25, -0.2) is 4.68 Å². The summed E-state index contributed by atoms with van der Waals surface area (Å²) < 4.78 is 8.02. The molecule has 3 aliphatic heterocycles. The zero-order valence-corrected chi connectivity index (χ0v) is 14.5. The number of piperazine rings is 1. The van der Waals surface area contributed by atoms with Crippen LogP contribution < -0.4 is 0 Å². The van der Waals surface area contributed by atoms with E-state index in [1.54, 1.807) is 0 Å². The summed E-state index contributed by atoms with van der Waals surface area (Å²) in [6.45, 7) is 5.46. The molecule has 0 bridgehead atoms. The number of ether oxygens (including phenoxy) is 1. The third kappa shape index (κ3) is 3.38. The monoisotopic (exact) mass is 334 g/mol. The van der Waals surface area contributed by atoms with E-state index in [9.17, 15) is 5.11 Å². The molecule has 0 radical (unpaired) electrons. The minimum Gasteiger partial charge on any atom is -0.396 e. The van der Waals surface area contributed by atoms with Gasteiger partial charge in [0.25, 0.3) is 0 Å². The van der Waals surface area contributed by atoms with E-state index in [1.165, 1.54) is 31.5 Å². The SMILES string of the molecule is OCC[C@H]1CN2CCCC2CN1Cc1ccnn1C1CCCCO1. The summed E-state index contributed by atoms with van der Waals surface area (Å²) in [7, 11) is 0. The highest BCUT2D eigenvalue weighted by molar-refractivity contribution is 5.04. The van der Waals surface area contributed by atoms with E-state index in [4.69, 9.17) is 4.74 Å². The van der Waals surface area contributed by atoms with Crippen molar-refractivity contribution in [2.75, 3.05) is 32.8 Å². The Morgan fingerprint density at radius 2 is 2.17 bits per heavy atom. The van der Waals surface area contributed by atoms with Gasteiger partial charge in [0, 0.05) is 51.1 Å². The van der Waals surface area contributed by atoms with Gasteiger partial charge >= 0.3 is 0 Å². The molecule has 1 aromatic rings. The molecule has 0 saturated carbocycles. The average Bonchev–Trinajstić information content (AvgIpc) is 3.25. The van der Waals surface area contributed by atoms with E-state index in [1.807, 2.05) is 6.20 Å². The van der Waals surface area contributed by atoms with Gasteiger partial charge in [-0.05, 0) is 51.1 Å². The van der Waals surface area contributed by atoms with Crippen LogP contribution in [0.5, 0.6) is 0 Å². The molecule has 3 fully saturated rings. The lowest BCUT2D eigenvalue weighted by Crippen LogP contribution is -2.55. The van der Waals surface area contributed by atoms with Crippen LogP contribution in [0.3, 0.4) is 0 Å². The molecule has 4 heterocycles. The zero-order chi connectivity index (χ0) is 16.4. The highest BCUT2D eigenvalue weighted by atomic mass is 16.5. The van der Waals surface area contributed by atoms with Crippen molar-refractivity contribution in [3.05, 3.63) is 18.0 Å². The van der Waals surface area contributed by atoms with Crippen molar-refractivity contribution in [1.82, 2.24) is 19.6 Å². The fourth-order valence-electron chi connectivity index (χ4n) is 4.62. The Bertz CT molecular complexity index is 529. The number of aromatic nitrogens is 2. The summed E-state index contributed by atoms with van der Waals surface area (Å²) in [5.41, 5.74) is 1.25. The molecule has 3 atom stereocenters. The van der Waals surface area contributed by atoms with Crippen molar-refractivity contribution < 1.29 is 9.84 Å². The molecule has 1 N–H and O–H groups in total. The molecule has 0 spiro atoms. The fourth-order valence-corrected chi connectivity index (χ4v) is 4.62. The largest absolute Gasteiger partial charge is 0.396 e. The van der Waals surface area contributed by atoms with Gasteiger partial charge < -0.3 is 9.84 Å². The van der Waals surface area contributed by atoms with Crippen molar-refractivity contribution in [1.29, 1.82) is 0 Å². The third-order valence-corrected chi connectivity index (χ3v) is 5.91. The second-order valence-corrected chi connectivity index (χ2v) is 7.47. The predicted molar refractivity (Wildman–Crippen MR) is 91.6 cm³/mol. The number of nitrogens with zero attached hydrogens (tertiary/aromatic N) is 4. The van der Waals surface area contributed by atoms with Gasteiger partial charge in [-0.3, -0.25) is 9.80 Å². The first-order valence-corrected chi connectivity index (χ1v) is 9.58. The minimum absolute atomic E-state index is 0.104. The van der Waals surface area contributed by atoms with Gasteiger partial charge in [0.05, 0.1) is 5.69 Å². The van der Waals surface area contributed by atoms with Gasteiger partial charge in [-0.2, -0.15) is 5.10 Å². The van der Waals surface area contributed by atoms with Gasteiger partial charge in [0.2, 0.25) is 0 Å². The van der Waals surface area contributed by atoms with E-state index < -0.39 is 0 Å². The Morgan fingerprint density at radius 3 is 3.00 bits per heavy atom. The smallest absolute Gasteiger partial charge is 0.150 e. The summed E-state index contributed by atoms with van der Waals surface area (Å²) in [5.74, 6) is 0. The van der Waals surface area contributed by atoms with Crippen LogP contribution in [0.15, 0.2) is 12.3 Å². The molecule has 0 aliphatic carbocycles. The maximum Gasteiger partial charge on any atom is 0.150 e.